The molecule has 0 radical (unpaired) electrons. The number of rotatable bonds is 4. The maximum absolute atomic E-state index is 13.8. The van der Waals surface area contributed by atoms with Crippen molar-refractivity contribution >= 4 is 39.1 Å². The Balaban J connectivity index is 1.57. The number of pyridine rings is 1. The molecule has 0 saturated carbocycles. The number of esters is 1. The van der Waals surface area contributed by atoms with E-state index in [4.69, 9.17) is 9.72 Å². The van der Waals surface area contributed by atoms with Gasteiger partial charge in [0.25, 0.3) is 5.91 Å². The van der Waals surface area contributed by atoms with Gasteiger partial charge in [0, 0.05) is 15.8 Å². The quantitative estimate of drug-likeness (QED) is 0.276. The van der Waals surface area contributed by atoms with Crippen molar-refractivity contribution in [3.63, 3.8) is 0 Å². The zero-order valence-electron chi connectivity index (χ0n) is 22.9. The Bertz CT molecular complexity index is 1560. The van der Waals surface area contributed by atoms with E-state index in [9.17, 15) is 9.59 Å². The van der Waals surface area contributed by atoms with E-state index in [0.717, 1.165) is 47.0 Å². The number of carbonyl (C=O) groups is 2. The van der Waals surface area contributed by atoms with Crippen LogP contribution in [0.4, 0.5) is 5.00 Å². The fourth-order valence-corrected chi connectivity index (χ4v) is 6.62. The topological polar surface area (TPSA) is 68.3 Å². The highest BCUT2D eigenvalue weighted by atomic mass is 32.1. The van der Waals surface area contributed by atoms with E-state index < -0.39 is 5.97 Å². The van der Waals surface area contributed by atoms with Crippen molar-refractivity contribution in [1.29, 1.82) is 0 Å². The molecule has 196 valence electrons. The number of nitrogens with one attached hydrogen (secondary N) is 1. The molecule has 1 aliphatic rings. The first-order valence-electron chi connectivity index (χ1n) is 13.1. The summed E-state index contributed by atoms with van der Waals surface area (Å²) >= 11 is 1.51. The number of amides is 1. The van der Waals surface area contributed by atoms with Crippen LogP contribution < -0.4 is 5.32 Å². The fourth-order valence-electron chi connectivity index (χ4n) is 5.31. The molecule has 0 bridgehead atoms. The Morgan fingerprint density at radius 3 is 2.53 bits per heavy atom. The van der Waals surface area contributed by atoms with Crippen LogP contribution in [-0.4, -0.2) is 24.0 Å². The largest absolute Gasteiger partial charge is 0.465 e. The van der Waals surface area contributed by atoms with Gasteiger partial charge in [0.15, 0.2) is 0 Å². The molecule has 1 N–H and O–H groups in total. The second-order valence-electron chi connectivity index (χ2n) is 11.3. The van der Waals surface area contributed by atoms with Crippen LogP contribution in [0.25, 0.3) is 22.2 Å². The number of hydrogen-bond acceptors (Lipinski definition) is 5. The van der Waals surface area contributed by atoms with Crippen LogP contribution in [0.15, 0.2) is 48.5 Å². The number of benzene rings is 2. The molecular weight excluding hydrogens is 492 g/mol. The van der Waals surface area contributed by atoms with E-state index in [1.165, 1.54) is 34.5 Å². The molecule has 1 amide bonds. The van der Waals surface area contributed by atoms with Crippen LogP contribution in [0.2, 0.25) is 0 Å². The van der Waals surface area contributed by atoms with E-state index in [2.05, 4.69) is 52.1 Å². The molecule has 1 unspecified atom stereocenters. The smallest absolute Gasteiger partial charge is 0.341 e. The Morgan fingerprint density at radius 2 is 1.82 bits per heavy atom. The van der Waals surface area contributed by atoms with Gasteiger partial charge in [-0.25, -0.2) is 9.78 Å². The third-order valence-corrected chi connectivity index (χ3v) is 9.04. The lowest BCUT2D eigenvalue weighted by molar-refractivity contribution is 0.0600. The highest BCUT2D eigenvalue weighted by molar-refractivity contribution is 7.17. The molecule has 4 aromatic rings. The average molecular weight is 527 g/mol. The molecule has 0 aliphatic heterocycles. The number of aromatic nitrogens is 1. The third kappa shape index (κ3) is 4.85. The van der Waals surface area contributed by atoms with Crippen molar-refractivity contribution in [2.75, 3.05) is 12.4 Å². The SMILES string of the molecule is COC(=O)c1c(NC(=O)c2cc(-c3ccc(C)c(C)c3)nc3ccccc23)sc2c1CCC(C(C)(C)C)C2. The van der Waals surface area contributed by atoms with Crippen molar-refractivity contribution in [3.05, 3.63) is 81.2 Å². The summed E-state index contributed by atoms with van der Waals surface area (Å²) in [7, 11) is 1.39. The van der Waals surface area contributed by atoms with Crippen molar-refractivity contribution in [2.24, 2.45) is 11.3 Å². The number of para-hydroxylation sites is 1. The molecule has 2 heterocycles. The summed E-state index contributed by atoms with van der Waals surface area (Å²) in [6, 6.07) is 15.7. The van der Waals surface area contributed by atoms with Gasteiger partial charge in [-0.2, -0.15) is 0 Å². The predicted octanol–water partition coefficient (Wildman–Crippen LogP) is 7.77. The Labute approximate surface area is 228 Å². The summed E-state index contributed by atoms with van der Waals surface area (Å²) in [5, 5.41) is 4.43. The number of methoxy groups -OCH3 is 1. The summed E-state index contributed by atoms with van der Waals surface area (Å²) in [4.78, 5) is 32.8. The first-order valence-corrected chi connectivity index (χ1v) is 13.9. The number of nitrogens with zero attached hydrogens (tertiary/aromatic N) is 1. The van der Waals surface area contributed by atoms with E-state index in [-0.39, 0.29) is 11.3 Å². The summed E-state index contributed by atoms with van der Waals surface area (Å²) in [5.74, 6) is -0.139. The molecule has 1 aliphatic carbocycles. The number of aryl methyl sites for hydroxylation is 2. The Kier molecular flexibility index (Phi) is 6.86. The van der Waals surface area contributed by atoms with E-state index in [1.54, 1.807) is 0 Å². The molecule has 1 atom stereocenters. The number of ether oxygens (including phenoxy) is 1. The van der Waals surface area contributed by atoms with Crippen molar-refractivity contribution in [3.8, 4) is 11.3 Å². The van der Waals surface area contributed by atoms with Gasteiger partial charge in [-0.15, -0.1) is 11.3 Å². The van der Waals surface area contributed by atoms with Gasteiger partial charge in [0.05, 0.1) is 29.4 Å². The second kappa shape index (κ2) is 9.99. The number of thiophene rings is 1. The van der Waals surface area contributed by atoms with Gasteiger partial charge in [0.2, 0.25) is 0 Å². The van der Waals surface area contributed by atoms with Crippen LogP contribution in [0, 0.1) is 25.2 Å². The van der Waals surface area contributed by atoms with Crippen LogP contribution in [0.1, 0.15) is 69.5 Å². The van der Waals surface area contributed by atoms with Crippen LogP contribution in [0.5, 0.6) is 0 Å². The maximum atomic E-state index is 13.8. The van der Waals surface area contributed by atoms with Gasteiger partial charge in [0.1, 0.15) is 5.00 Å². The minimum atomic E-state index is -0.401. The fraction of sp³-hybridized carbons (Fsp3) is 0.344. The Morgan fingerprint density at radius 1 is 1.05 bits per heavy atom. The van der Waals surface area contributed by atoms with E-state index in [0.29, 0.717) is 22.0 Å². The first-order chi connectivity index (χ1) is 18.1. The van der Waals surface area contributed by atoms with E-state index >= 15 is 0 Å². The van der Waals surface area contributed by atoms with Crippen molar-refractivity contribution < 1.29 is 14.3 Å². The molecule has 38 heavy (non-hydrogen) atoms. The zero-order chi connectivity index (χ0) is 27.2. The van der Waals surface area contributed by atoms with E-state index in [1.807, 2.05) is 36.4 Å². The second-order valence-corrected chi connectivity index (χ2v) is 12.4. The summed E-state index contributed by atoms with van der Waals surface area (Å²) in [5.41, 5.74) is 7.05. The molecule has 0 fully saturated rings. The first kappa shape index (κ1) is 26.1. The van der Waals surface area contributed by atoms with Gasteiger partial charge in [-0.3, -0.25) is 4.79 Å². The lowest BCUT2D eigenvalue weighted by Crippen LogP contribution is -2.26. The maximum Gasteiger partial charge on any atom is 0.341 e. The standard InChI is InChI=1S/C32H34N2O3S/c1-18-11-12-20(15-19(18)2)26-17-24(22-9-7-8-10-25(22)33-26)29(35)34-30-28(31(36)37-6)23-14-13-21(32(3,4)5)16-27(23)38-30/h7-12,15,17,21H,13-14,16H2,1-6H3,(H,34,35). The van der Waals surface area contributed by atoms with Gasteiger partial charge in [-0.1, -0.05) is 51.1 Å². The number of hydrogen-bond donors (Lipinski definition) is 1. The molecule has 2 aromatic heterocycles. The average Bonchev–Trinajstić information content (AvgIpc) is 3.25. The van der Waals surface area contributed by atoms with Crippen LogP contribution >= 0.6 is 11.3 Å². The summed E-state index contributed by atoms with van der Waals surface area (Å²) in [6.07, 6.45) is 2.72. The van der Waals surface area contributed by atoms with Crippen LogP contribution in [0.3, 0.4) is 0 Å². The van der Waals surface area contributed by atoms with Crippen LogP contribution in [-0.2, 0) is 17.6 Å². The third-order valence-electron chi connectivity index (χ3n) is 7.87. The van der Waals surface area contributed by atoms with Gasteiger partial charge < -0.3 is 10.1 Å². The highest BCUT2D eigenvalue weighted by Crippen LogP contribution is 2.44. The number of fused-ring (bicyclic) bond motifs is 2. The predicted molar refractivity (Wildman–Crippen MR) is 155 cm³/mol. The zero-order valence-corrected chi connectivity index (χ0v) is 23.7. The monoisotopic (exact) mass is 526 g/mol. The number of carbonyl (C=O) groups excluding carboxylic acids is 2. The minimum Gasteiger partial charge on any atom is -0.465 e. The molecule has 0 spiro atoms. The summed E-state index contributed by atoms with van der Waals surface area (Å²) in [6.45, 7) is 10.9. The van der Waals surface area contributed by atoms with Crippen molar-refractivity contribution in [2.45, 2.75) is 53.9 Å². The molecule has 5 nitrogen and oxygen atoms in total. The van der Waals surface area contributed by atoms with Crippen molar-refractivity contribution in [1.82, 2.24) is 4.98 Å². The van der Waals surface area contributed by atoms with Gasteiger partial charge >= 0.3 is 5.97 Å². The Hall–Kier alpha value is -3.51. The normalized spacial score (nSPS) is 15.3. The highest BCUT2D eigenvalue weighted by Gasteiger charge is 2.34. The number of anilines is 1. The molecule has 0 saturated heterocycles. The molecule has 5 rings (SSSR count). The molecular formula is C32H34N2O3S. The summed E-state index contributed by atoms with van der Waals surface area (Å²) < 4.78 is 5.16. The minimum absolute atomic E-state index is 0.178. The lowest BCUT2D eigenvalue weighted by Gasteiger charge is -2.33. The van der Waals surface area contributed by atoms with Gasteiger partial charge in [-0.05, 0) is 79.3 Å². The lowest BCUT2D eigenvalue weighted by atomic mass is 9.72. The molecule has 6 heteroatoms. The molecule has 2 aromatic carbocycles.